The Balaban J connectivity index is 0.00000212. The van der Waals surface area contributed by atoms with E-state index in [0.29, 0.717) is 30.1 Å². The molecule has 0 spiro atoms. The summed E-state index contributed by atoms with van der Waals surface area (Å²) in [6, 6.07) is 8.79. The van der Waals surface area contributed by atoms with Gasteiger partial charge in [0.15, 0.2) is 6.23 Å². The van der Waals surface area contributed by atoms with Gasteiger partial charge in [0.05, 0.1) is 12.7 Å². The van der Waals surface area contributed by atoms with Crippen molar-refractivity contribution in [2.75, 3.05) is 11.9 Å². The number of nitrogens with zero attached hydrogens (tertiary/aromatic N) is 2. The average Bonchev–Trinajstić information content (AvgIpc) is 3.53. The molecule has 43 heavy (non-hydrogen) atoms. The SMILES string of the molecule is C=C(C)[C@H]1CC[C@@]2(C)S[P@@](=S)(OC3[C@@H]4OC[C@]3(CC)O[C@H]4n3cc(C)c(NC(=O)c4ccccc4)nc3=O)O[C@@H]2C1.S.S. The number of carbonyl (C=O) groups excluding carboxylic acids is 1. The molecule has 3 aliphatic heterocycles. The highest BCUT2D eigenvalue weighted by molar-refractivity contribution is 8.68. The second-order valence-electron chi connectivity index (χ2n) is 11.8. The smallest absolute Gasteiger partial charge is 0.351 e. The van der Waals surface area contributed by atoms with Crippen molar-refractivity contribution < 1.29 is 23.3 Å². The molecule has 9 nitrogen and oxygen atoms in total. The first-order chi connectivity index (χ1) is 19.5. The monoisotopic (exact) mass is 685 g/mol. The summed E-state index contributed by atoms with van der Waals surface area (Å²) in [5, 5.41) is 2.74. The van der Waals surface area contributed by atoms with E-state index < -0.39 is 35.4 Å². The Morgan fingerprint density at radius 3 is 2.72 bits per heavy atom. The zero-order valence-electron chi connectivity index (χ0n) is 24.7. The lowest BCUT2D eigenvalue weighted by Crippen LogP contribution is -2.41. The highest BCUT2D eigenvalue weighted by atomic mass is 32.9. The van der Waals surface area contributed by atoms with Crippen molar-refractivity contribution in [2.45, 2.75) is 88.3 Å². The van der Waals surface area contributed by atoms with Gasteiger partial charge in [-0.1, -0.05) is 48.7 Å². The molecule has 1 aromatic carbocycles. The molecule has 6 rings (SSSR count). The highest BCUT2D eigenvalue weighted by Crippen LogP contribution is 2.77. The minimum Gasteiger partial charge on any atom is -0.368 e. The fourth-order valence-electron chi connectivity index (χ4n) is 6.32. The van der Waals surface area contributed by atoms with Crippen molar-refractivity contribution in [2.24, 2.45) is 5.92 Å². The summed E-state index contributed by atoms with van der Waals surface area (Å²) in [5.74, 6) is 0.296. The predicted molar refractivity (Wildman–Crippen MR) is 183 cm³/mol. The third-order valence-corrected chi connectivity index (χ3v) is 14.7. The quantitative estimate of drug-likeness (QED) is 0.279. The van der Waals surface area contributed by atoms with Crippen molar-refractivity contribution in [3.8, 4) is 0 Å². The first-order valence-corrected chi connectivity index (χ1v) is 18.1. The van der Waals surface area contributed by atoms with Crippen molar-refractivity contribution in [3.05, 3.63) is 70.3 Å². The van der Waals surface area contributed by atoms with Crippen LogP contribution >= 0.6 is 44.1 Å². The number of hydrogen-bond donors (Lipinski definition) is 1. The fraction of sp³-hybridized carbons (Fsp3) is 0.552. The van der Waals surface area contributed by atoms with Crippen LogP contribution in [0.15, 0.2) is 53.5 Å². The molecule has 1 aliphatic carbocycles. The molecule has 4 fully saturated rings. The predicted octanol–water partition coefficient (Wildman–Crippen LogP) is 5.98. The number of amides is 1. The molecule has 1 saturated carbocycles. The van der Waals surface area contributed by atoms with Crippen LogP contribution in [-0.2, 0) is 30.3 Å². The van der Waals surface area contributed by atoms with Crippen LogP contribution < -0.4 is 11.0 Å². The summed E-state index contributed by atoms with van der Waals surface area (Å²) >= 11 is 7.77. The summed E-state index contributed by atoms with van der Waals surface area (Å²) in [7, 11) is 0. The zero-order valence-corrected chi connectivity index (χ0v) is 29.2. The van der Waals surface area contributed by atoms with Gasteiger partial charge in [-0.15, -0.1) is 0 Å². The van der Waals surface area contributed by atoms with Gasteiger partial charge in [-0.3, -0.25) is 9.36 Å². The summed E-state index contributed by atoms with van der Waals surface area (Å²) in [6.07, 6.45) is 3.47. The summed E-state index contributed by atoms with van der Waals surface area (Å²) in [5.41, 5.74) is -1.75. The van der Waals surface area contributed by atoms with E-state index >= 15 is 0 Å². The third kappa shape index (κ3) is 6.31. The van der Waals surface area contributed by atoms with Gasteiger partial charge < -0.3 is 23.8 Å². The van der Waals surface area contributed by atoms with E-state index in [1.165, 1.54) is 10.1 Å². The van der Waals surface area contributed by atoms with Crippen LogP contribution in [0.1, 0.15) is 68.6 Å². The van der Waals surface area contributed by atoms with Crippen molar-refractivity contribution >= 4 is 67.6 Å². The second kappa shape index (κ2) is 12.9. The minimum atomic E-state index is -2.72. The average molecular weight is 686 g/mol. The molecule has 1 N–H and O–H groups in total. The van der Waals surface area contributed by atoms with Gasteiger partial charge in [-0.25, -0.2) is 4.79 Å². The Kier molecular flexibility index (Phi) is 10.4. The number of benzene rings is 1. The van der Waals surface area contributed by atoms with Crippen molar-refractivity contribution in [3.63, 3.8) is 0 Å². The molecule has 1 aromatic heterocycles. The molecule has 4 heterocycles. The van der Waals surface area contributed by atoms with E-state index in [1.54, 1.807) is 48.8 Å². The van der Waals surface area contributed by atoms with Crippen LogP contribution in [0, 0.1) is 12.8 Å². The number of anilines is 1. The van der Waals surface area contributed by atoms with Gasteiger partial charge in [0.2, 0.25) is 5.69 Å². The standard InChI is InChI=1S/C29H36N3O6PS2.2H2S/c1-6-29-16-35-22(23(29)38-39(40)37-21-14-20(17(2)3)12-13-28(21,5)41-39)26(36-29)32-15-18(4)24(31-27(32)34)30-25(33)19-10-8-7-9-11-19;;/h7-11,15,20-23,26H,2,6,12-14,16H2,1,3-5H3,(H,30,31,33,34);2*1H2/t20-,21+,22-,23?,26+,28+,29-,39+;;/m0../s1. The van der Waals surface area contributed by atoms with E-state index in [9.17, 15) is 9.59 Å². The number of carbonyl (C=O) groups is 1. The van der Waals surface area contributed by atoms with Crippen LogP contribution in [-0.4, -0.2) is 50.7 Å². The molecule has 2 aromatic rings. The van der Waals surface area contributed by atoms with Crippen LogP contribution in [0.4, 0.5) is 5.82 Å². The van der Waals surface area contributed by atoms with E-state index in [0.717, 1.165) is 19.3 Å². The molecule has 1 amide bonds. The van der Waals surface area contributed by atoms with E-state index in [-0.39, 0.29) is 49.6 Å². The van der Waals surface area contributed by atoms with E-state index in [4.69, 9.17) is 30.3 Å². The van der Waals surface area contributed by atoms with Crippen LogP contribution in [0.25, 0.3) is 0 Å². The molecule has 0 radical (unpaired) electrons. The topological polar surface area (TPSA) is 101 Å². The molecular formula is C29H40N3O6PS4. The van der Waals surface area contributed by atoms with Crippen LogP contribution in [0.2, 0.25) is 0 Å². The molecule has 1 unspecified atom stereocenters. The van der Waals surface area contributed by atoms with Gasteiger partial charge in [0.1, 0.15) is 23.6 Å². The lowest BCUT2D eigenvalue weighted by Gasteiger charge is -2.37. The number of nitrogens with one attached hydrogen (secondary N) is 1. The van der Waals surface area contributed by atoms with Crippen LogP contribution in [0.5, 0.6) is 0 Å². The molecule has 2 bridgehead atoms. The van der Waals surface area contributed by atoms with E-state index in [1.807, 2.05) is 13.0 Å². The summed E-state index contributed by atoms with van der Waals surface area (Å²) in [6.45, 7) is 12.6. The number of aromatic nitrogens is 2. The highest BCUT2D eigenvalue weighted by Gasteiger charge is 2.65. The molecule has 236 valence electrons. The van der Waals surface area contributed by atoms with Gasteiger partial charge in [0.25, 0.3) is 5.91 Å². The lowest BCUT2D eigenvalue weighted by molar-refractivity contribution is -0.175. The minimum absolute atomic E-state index is 0. The molecular weight excluding hydrogens is 646 g/mol. The van der Waals surface area contributed by atoms with Crippen molar-refractivity contribution in [1.82, 2.24) is 9.55 Å². The Labute approximate surface area is 275 Å². The second-order valence-corrected chi connectivity index (χ2v) is 18.3. The number of aryl methyl sites for hydroxylation is 1. The zero-order chi connectivity index (χ0) is 29.2. The Morgan fingerprint density at radius 1 is 1.33 bits per heavy atom. The third-order valence-electron chi connectivity index (χ3n) is 8.93. The molecule has 4 aliphatic rings. The first kappa shape index (κ1) is 34.7. The Bertz CT molecular complexity index is 1490. The summed E-state index contributed by atoms with van der Waals surface area (Å²) in [4.78, 5) is 30.1. The van der Waals surface area contributed by atoms with Gasteiger partial charge >= 0.3 is 5.69 Å². The molecule has 14 heteroatoms. The van der Waals surface area contributed by atoms with Gasteiger partial charge in [-0.2, -0.15) is 32.0 Å². The number of fused-ring (bicyclic) bond motifs is 3. The fourth-order valence-corrected chi connectivity index (χ4v) is 13.9. The van der Waals surface area contributed by atoms with Gasteiger partial charge in [-0.05, 0) is 76.3 Å². The Morgan fingerprint density at radius 2 is 2.05 bits per heavy atom. The Hall–Kier alpha value is -1.15. The molecule has 3 saturated heterocycles. The number of hydrogen-bond acceptors (Lipinski definition) is 9. The van der Waals surface area contributed by atoms with Crippen molar-refractivity contribution in [1.29, 1.82) is 0 Å². The first-order valence-electron chi connectivity index (χ1n) is 14.0. The maximum absolute atomic E-state index is 13.3. The number of rotatable bonds is 7. The van der Waals surface area contributed by atoms with Gasteiger partial charge in [0, 0.05) is 22.1 Å². The number of allylic oxidation sites excluding steroid dienone is 1. The lowest BCUT2D eigenvalue weighted by atomic mass is 9.77. The van der Waals surface area contributed by atoms with Crippen LogP contribution in [0.3, 0.4) is 0 Å². The number of ether oxygens (including phenoxy) is 2. The largest absolute Gasteiger partial charge is 0.368 e. The van der Waals surface area contributed by atoms with E-state index in [2.05, 4.69) is 30.7 Å². The molecule has 8 atom stereocenters. The maximum atomic E-state index is 13.3. The normalized spacial score (nSPS) is 35.9. The summed E-state index contributed by atoms with van der Waals surface area (Å²) < 4.78 is 27.4. The maximum Gasteiger partial charge on any atom is 0.351 e.